The number of carbonyl (C=O) groups is 1. The number of carbonyl (C=O) groups excluding carboxylic acids is 1. The molecule has 0 unspecified atom stereocenters. The van der Waals surface area contributed by atoms with Crippen LogP contribution in [0.1, 0.15) is 57.3 Å². The Labute approximate surface area is 215 Å². The van der Waals surface area contributed by atoms with Crippen LogP contribution in [-0.2, 0) is 32.5 Å². The van der Waals surface area contributed by atoms with Gasteiger partial charge in [-0.25, -0.2) is 0 Å². The van der Waals surface area contributed by atoms with E-state index in [1.54, 1.807) is 19.4 Å². The number of amides is 1. The number of fused-ring (bicyclic) bond motifs is 2. The zero-order valence-corrected chi connectivity index (χ0v) is 21.6. The predicted octanol–water partition coefficient (Wildman–Crippen LogP) is 5.52. The smallest absolute Gasteiger partial charge is 0.435 e. The van der Waals surface area contributed by atoms with Gasteiger partial charge in [-0.2, -0.15) is 18.3 Å². The average molecular weight is 563 g/mol. The molecule has 0 fully saturated rings. The Bertz CT molecular complexity index is 1320. The molecule has 1 aromatic carbocycles. The van der Waals surface area contributed by atoms with Gasteiger partial charge in [-0.3, -0.25) is 14.5 Å². The van der Waals surface area contributed by atoms with E-state index in [1.807, 2.05) is 17.0 Å². The molecule has 0 saturated heterocycles. The maximum absolute atomic E-state index is 13.9. The van der Waals surface area contributed by atoms with E-state index in [-0.39, 0.29) is 17.5 Å². The van der Waals surface area contributed by atoms with Crippen molar-refractivity contribution in [1.29, 1.82) is 0 Å². The molecule has 1 atom stereocenters. The second kappa shape index (κ2) is 9.53. The van der Waals surface area contributed by atoms with E-state index < -0.39 is 11.9 Å². The van der Waals surface area contributed by atoms with Crippen LogP contribution in [0.5, 0.6) is 5.75 Å². The van der Waals surface area contributed by atoms with E-state index in [9.17, 15) is 18.0 Å². The first-order chi connectivity index (χ1) is 17.2. The lowest BCUT2D eigenvalue weighted by atomic mass is 9.84. The van der Waals surface area contributed by atoms with Gasteiger partial charge in [-0.15, -0.1) is 0 Å². The van der Waals surface area contributed by atoms with Crippen molar-refractivity contribution < 1.29 is 22.7 Å². The van der Waals surface area contributed by atoms with Crippen LogP contribution in [-0.4, -0.2) is 44.6 Å². The minimum atomic E-state index is -4.60. The summed E-state index contributed by atoms with van der Waals surface area (Å²) in [7, 11) is 3.06. The van der Waals surface area contributed by atoms with Crippen LogP contribution in [0.3, 0.4) is 0 Å². The van der Waals surface area contributed by atoms with Crippen LogP contribution in [0.2, 0.25) is 0 Å². The lowest BCUT2D eigenvalue weighted by Crippen LogP contribution is -2.42. The first-order valence-corrected chi connectivity index (χ1v) is 13.0. The molecule has 2 aliphatic rings. The Balaban J connectivity index is 1.61. The molecule has 36 heavy (non-hydrogen) atoms. The predicted molar refractivity (Wildman–Crippen MR) is 132 cm³/mol. The highest BCUT2D eigenvalue weighted by Gasteiger charge is 2.40. The summed E-state index contributed by atoms with van der Waals surface area (Å²) in [6, 6.07) is 5.42. The van der Waals surface area contributed by atoms with Crippen molar-refractivity contribution in [1.82, 2.24) is 19.7 Å². The van der Waals surface area contributed by atoms with Crippen LogP contribution in [0, 0.1) is 0 Å². The molecule has 0 radical (unpaired) electrons. The number of ether oxygens (including phenoxy) is 1. The van der Waals surface area contributed by atoms with Gasteiger partial charge in [0.05, 0.1) is 19.3 Å². The van der Waals surface area contributed by atoms with Gasteiger partial charge in [0.15, 0.2) is 5.69 Å². The maximum Gasteiger partial charge on any atom is 0.435 e. The molecule has 2 aromatic heterocycles. The molecule has 5 rings (SSSR count). The fourth-order valence-corrected chi connectivity index (χ4v) is 5.87. The minimum absolute atomic E-state index is 0.0101. The molecular weight excluding hydrogens is 537 g/mol. The largest absolute Gasteiger partial charge is 0.495 e. The highest BCUT2D eigenvalue weighted by molar-refractivity contribution is 9.09. The Kier molecular flexibility index (Phi) is 6.57. The monoisotopic (exact) mass is 562 g/mol. The average Bonchev–Trinajstić information content (AvgIpc) is 3.26. The van der Waals surface area contributed by atoms with Crippen molar-refractivity contribution in [2.24, 2.45) is 7.05 Å². The van der Waals surface area contributed by atoms with Gasteiger partial charge in [0.1, 0.15) is 5.75 Å². The Morgan fingerprint density at radius 2 is 1.94 bits per heavy atom. The summed E-state index contributed by atoms with van der Waals surface area (Å²) < 4.78 is 48.1. The summed E-state index contributed by atoms with van der Waals surface area (Å²) in [6.45, 7) is 0.416. The number of benzene rings is 1. The number of nitrogens with zero attached hydrogens (tertiary/aromatic N) is 4. The summed E-state index contributed by atoms with van der Waals surface area (Å²) in [5, 5.41) is 4.33. The summed E-state index contributed by atoms with van der Waals surface area (Å²) in [5.41, 5.74) is 3.38. The number of pyridine rings is 1. The van der Waals surface area contributed by atoms with Gasteiger partial charge in [0, 0.05) is 41.9 Å². The normalized spacial score (nSPS) is 17.7. The van der Waals surface area contributed by atoms with Gasteiger partial charge < -0.3 is 9.64 Å². The Morgan fingerprint density at radius 1 is 1.17 bits per heavy atom. The van der Waals surface area contributed by atoms with Gasteiger partial charge in [0.25, 0.3) is 5.91 Å². The van der Waals surface area contributed by atoms with Crippen molar-refractivity contribution in [3.63, 3.8) is 0 Å². The highest BCUT2D eigenvalue weighted by Crippen LogP contribution is 2.42. The van der Waals surface area contributed by atoms with Gasteiger partial charge in [0.2, 0.25) is 0 Å². The summed E-state index contributed by atoms with van der Waals surface area (Å²) in [6.07, 6.45) is 2.09. The molecule has 0 spiro atoms. The Morgan fingerprint density at radius 3 is 2.67 bits per heavy atom. The SMILES string of the molecule is COc1cnc2c(c1)[C@@H](N1CCc3c(cc(CCBr)cc3-c3cn(C)nc3C(F)(F)F)C1=O)CCC2. The third-order valence-corrected chi connectivity index (χ3v) is 7.41. The second-order valence-electron chi connectivity index (χ2n) is 9.24. The molecule has 1 aliphatic carbocycles. The van der Waals surface area contributed by atoms with Crippen molar-refractivity contribution in [2.75, 3.05) is 19.0 Å². The number of rotatable bonds is 5. The number of halogens is 4. The zero-order valence-electron chi connectivity index (χ0n) is 20.0. The zero-order chi connectivity index (χ0) is 25.6. The third kappa shape index (κ3) is 4.40. The second-order valence-corrected chi connectivity index (χ2v) is 10.0. The van der Waals surface area contributed by atoms with Gasteiger partial charge >= 0.3 is 6.18 Å². The van der Waals surface area contributed by atoms with Gasteiger partial charge in [-0.1, -0.05) is 22.0 Å². The molecule has 0 saturated carbocycles. The number of hydrogen-bond acceptors (Lipinski definition) is 4. The number of aryl methyl sites for hydroxylation is 3. The van der Waals surface area contributed by atoms with Crippen LogP contribution in [0.25, 0.3) is 11.1 Å². The minimum Gasteiger partial charge on any atom is -0.495 e. The van der Waals surface area contributed by atoms with Crippen molar-refractivity contribution in [2.45, 2.75) is 44.3 Å². The molecule has 1 aliphatic heterocycles. The molecular formula is C26H26BrF3N4O2. The first-order valence-electron chi connectivity index (χ1n) is 11.9. The maximum atomic E-state index is 13.9. The van der Waals surface area contributed by atoms with Crippen molar-refractivity contribution >= 4 is 21.8 Å². The molecule has 190 valence electrons. The lowest BCUT2D eigenvalue weighted by molar-refractivity contribution is -0.140. The number of hydrogen-bond donors (Lipinski definition) is 0. The summed E-state index contributed by atoms with van der Waals surface area (Å²) >= 11 is 3.42. The molecule has 0 bridgehead atoms. The van der Waals surface area contributed by atoms with Crippen LogP contribution >= 0.6 is 15.9 Å². The van der Waals surface area contributed by atoms with Crippen LogP contribution in [0.15, 0.2) is 30.6 Å². The van der Waals surface area contributed by atoms with E-state index in [0.29, 0.717) is 47.2 Å². The number of methoxy groups -OCH3 is 1. The number of alkyl halides is 4. The van der Waals surface area contributed by atoms with E-state index in [1.165, 1.54) is 17.9 Å². The van der Waals surface area contributed by atoms with E-state index in [2.05, 4.69) is 26.0 Å². The topological polar surface area (TPSA) is 60.2 Å². The standard InChI is InChI=1S/C26H26BrF3N4O2/c1-33-14-21(24(32-33)26(28,29)30)18-10-15(6-8-27)11-19-17(18)7-9-34(25(19)35)23-5-3-4-22-20(23)12-16(36-2)13-31-22/h10-14,23H,3-9H2,1-2H3/t23-/m0/s1. The lowest BCUT2D eigenvalue weighted by Gasteiger charge is -2.39. The quantitative estimate of drug-likeness (QED) is 0.384. The fraction of sp³-hybridized carbons (Fsp3) is 0.423. The van der Waals surface area contributed by atoms with Gasteiger partial charge in [-0.05, 0) is 66.5 Å². The van der Waals surface area contributed by atoms with Crippen LogP contribution < -0.4 is 4.74 Å². The van der Waals surface area contributed by atoms with Crippen molar-refractivity contribution in [3.05, 3.63) is 64.2 Å². The fourth-order valence-electron chi connectivity index (χ4n) is 5.41. The van der Waals surface area contributed by atoms with Crippen molar-refractivity contribution in [3.8, 4) is 16.9 Å². The molecule has 1 amide bonds. The molecule has 3 heterocycles. The molecule has 6 nitrogen and oxygen atoms in total. The van der Waals surface area contributed by atoms with E-state index >= 15 is 0 Å². The highest BCUT2D eigenvalue weighted by atomic mass is 79.9. The molecule has 10 heteroatoms. The van der Waals surface area contributed by atoms with E-state index in [4.69, 9.17) is 4.74 Å². The third-order valence-electron chi connectivity index (χ3n) is 7.01. The van der Waals surface area contributed by atoms with Crippen LogP contribution in [0.4, 0.5) is 13.2 Å². The Hall–Kier alpha value is -2.88. The molecule has 3 aromatic rings. The first kappa shape index (κ1) is 24.8. The molecule has 0 N–H and O–H groups in total. The van der Waals surface area contributed by atoms with E-state index in [0.717, 1.165) is 36.1 Å². The summed E-state index contributed by atoms with van der Waals surface area (Å²) in [5.74, 6) is 0.482. The summed E-state index contributed by atoms with van der Waals surface area (Å²) in [4.78, 5) is 20.3. The number of aromatic nitrogens is 3.